The van der Waals surface area contributed by atoms with Crippen molar-refractivity contribution in [2.24, 2.45) is 0 Å². The zero-order chi connectivity index (χ0) is 4.99. The normalized spacial score (nSPS) is 15.6. The van der Waals surface area contributed by atoms with Crippen molar-refractivity contribution in [3.8, 4) is 12.3 Å². The molecular formula is C5H8. The lowest BCUT2D eigenvalue weighted by Crippen LogP contribution is -1.53. The molecule has 0 rings (SSSR count). The predicted molar refractivity (Wildman–Crippen MR) is 23.7 cm³/mol. The summed E-state index contributed by atoms with van der Waals surface area (Å²) >= 11 is 0. The highest BCUT2D eigenvalue weighted by Gasteiger charge is 1.61. The molecule has 0 heterocycles. The van der Waals surface area contributed by atoms with E-state index < -0.39 is 0 Å². The Labute approximate surface area is 34.6 Å². The first-order chi connectivity index (χ1) is 2.77. The van der Waals surface area contributed by atoms with Crippen molar-refractivity contribution < 1.29 is 1.37 Å². The minimum Gasteiger partial charge on any atom is -0.120 e. The first-order valence-electron chi connectivity index (χ1n) is 2.21. The van der Waals surface area contributed by atoms with Crippen LogP contribution in [0, 0.1) is 12.3 Å². The largest absolute Gasteiger partial charge is 0.120 e. The number of hydrogen-bond acceptors (Lipinski definition) is 0. The fourth-order valence-electron chi connectivity index (χ4n) is 0.118. The van der Waals surface area contributed by atoms with E-state index in [1.165, 1.54) is 0 Å². The molecule has 5 heavy (non-hydrogen) atoms. The second-order valence-corrected chi connectivity index (χ2v) is 0.816. The molecule has 0 heteroatoms. The number of terminal acetylenes is 1. The van der Waals surface area contributed by atoms with Gasteiger partial charge in [0.1, 0.15) is 0 Å². The van der Waals surface area contributed by atoms with E-state index in [9.17, 15) is 0 Å². The lowest BCUT2D eigenvalue weighted by molar-refractivity contribution is 0.984. The second kappa shape index (κ2) is 3.56. The standard InChI is InChI=1S/C5H8/c1-3-5-4-2/h1H,4-5H2,2H3/i4D/t4-/m1/s1. The van der Waals surface area contributed by atoms with Crippen LogP contribution in [0.2, 0.25) is 0 Å². The third kappa shape index (κ3) is 3.56. The Kier molecular flexibility index (Phi) is 1.98. The molecular weight excluding hydrogens is 60.1 g/mol. The summed E-state index contributed by atoms with van der Waals surface area (Å²) in [6.07, 6.45) is 5.34. The lowest BCUT2D eigenvalue weighted by atomic mass is 10.4. The topological polar surface area (TPSA) is 0 Å². The summed E-state index contributed by atoms with van der Waals surface area (Å²) < 4.78 is 6.84. The van der Waals surface area contributed by atoms with Crippen molar-refractivity contribution in [1.82, 2.24) is 0 Å². The van der Waals surface area contributed by atoms with Crippen LogP contribution < -0.4 is 0 Å². The van der Waals surface area contributed by atoms with Gasteiger partial charge < -0.3 is 0 Å². The van der Waals surface area contributed by atoms with E-state index in [4.69, 9.17) is 7.79 Å². The molecule has 0 aliphatic heterocycles. The van der Waals surface area contributed by atoms with Crippen LogP contribution in [0.25, 0.3) is 0 Å². The number of hydrogen-bond donors (Lipinski definition) is 0. The maximum atomic E-state index is 6.84. The molecule has 0 aromatic rings. The molecule has 0 aromatic carbocycles. The first kappa shape index (κ1) is 2.78. The van der Waals surface area contributed by atoms with Gasteiger partial charge in [0.15, 0.2) is 0 Å². The van der Waals surface area contributed by atoms with Gasteiger partial charge in [-0.2, -0.15) is 0 Å². The predicted octanol–water partition coefficient (Wildman–Crippen LogP) is 1.42. The molecule has 0 saturated heterocycles. The Balaban J connectivity index is 2.88. The van der Waals surface area contributed by atoms with Gasteiger partial charge in [0.05, 0.1) is 0 Å². The zero-order valence-corrected chi connectivity index (χ0v) is 3.36. The Hall–Kier alpha value is -0.440. The van der Waals surface area contributed by atoms with Crippen LogP contribution in [-0.2, 0) is 0 Å². The van der Waals surface area contributed by atoms with Crippen molar-refractivity contribution in [3.05, 3.63) is 0 Å². The van der Waals surface area contributed by atoms with Gasteiger partial charge in [-0.05, 0) is 6.40 Å². The SMILES string of the molecule is [2H][C@H](C)CC#C. The quantitative estimate of drug-likeness (QED) is 0.408. The molecule has 0 amide bonds. The van der Waals surface area contributed by atoms with Crippen LogP contribution in [0.5, 0.6) is 0 Å². The van der Waals surface area contributed by atoms with Crippen LogP contribution >= 0.6 is 0 Å². The maximum absolute atomic E-state index is 6.84. The highest BCUT2D eigenvalue weighted by atomic mass is 13.7. The summed E-state index contributed by atoms with van der Waals surface area (Å²) in [5.74, 6) is 2.38. The summed E-state index contributed by atoms with van der Waals surface area (Å²) in [4.78, 5) is 0. The Bertz CT molecular complexity index is 58.8. The van der Waals surface area contributed by atoms with E-state index in [-0.39, 0.29) is 6.40 Å². The first-order valence-corrected chi connectivity index (χ1v) is 1.63. The zero-order valence-electron chi connectivity index (χ0n) is 4.36. The molecule has 1 atom stereocenters. The van der Waals surface area contributed by atoms with E-state index >= 15 is 0 Å². The van der Waals surface area contributed by atoms with Crippen LogP contribution in [0.1, 0.15) is 21.1 Å². The fourth-order valence-corrected chi connectivity index (χ4v) is 0.118. The van der Waals surface area contributed by atoms with Gasteiger partial charge in [-0.3, -0.25) is 0 Å². The molecule has 0 radical (unpaired) electrons. The minimum atomic E-state index is -0.0880. The monoisotopic (exact) mass is 69.1 g/mol. The average molecular weight is 69.1 g/mol. The van der Waals surface area contributed by atoms with Crippen LogP contribution in [-0.4, -0.2) is 0 Å². The molecule has 0 aromatic heterocycles. The minimum absolute atomic E-state index is 0.0880. The highest BCUT2D eigenvalue weighted by Crippen LogP contribution is 1.77. The highest BCUT2D eigenvalue weighted by molar-refractivity contribution is 4.81. The van der Waals surface area contributed by atoms with Gasteiger partial charge in [-0.15, -0.1) is 12.3 Å². The van der Waals surface area contributed by atoms with E-state index in [0.29, 0.717) is 6.42 Å². The molecule has 0 aliphatic rings. The van der Waals surface area contributed by atoms with Crippen molar-refractivity contribution in [2.45, 2.75) is 19.7 Å². The third-order valence-corrected chi connectivity index (χ3v) is 0.322. The summed E-state index contributed by atoms with van der Waals surface area (Å²) in [6, 6.07) is 0. The van der Waals surface area contributed by atoms with Gasteiger partial charge in [0.25, 0.3) is 0 Å². The van der Waals surface area contributed by atoms with E-state index in [2.05, 4.69) is 5.92 Å². The lowest BCUT2D eigenvalue weighted by Gasteiger charge is -1.69. The van der Waals surface area contributed by atoms with Gasteiger partial charge >= 0.3 is 0 Å². The van der Waals surface area contributed by atoms with Gasteiger partial charge in [0, 0.05) is 7.79 Å². The Morgan fingerprint density at radius 2 is 2.80 bits per heavy atom. The van der Waals surface area contributed by atoms with E-state index in [0.717, 1.165) is 0 Å². The summed E-state index contributed by atoms with van der Waals surface area (Å²) in [5.41, 5.74) is 0. The molecule has 0 N–H and O–H groups in total. The maximum Gasteiger partial charge on any atom is 0.0273 e. The van der Waals surface area contributed by atoms with E-state index in [1.54, 1.807) is 6.92 Å². The Morgan fingerprint density at radius 3 is 2.80 bits per heavy atom. The molecule has 0 bridgehead atoms. The third-order valence-electron chi connectivity index (χ3n) is 0.322. The van der Waals surface area contributed by atoms with Crippen molar-refractivity contribution >= 4 is 0 Å². The van der Waals surface area contributed by atoms with Gasteiger partial charge in [-0.1, -0.05) is 6.92 Å². The van der Waals surface area contributed by atoms with Gasteiger partial charge in [0.2, 0.25) is 0 Å². The molecule has 0 nitrogen and oxygen atoms in total. The fraction of sp³-hybridized carbons (Fsp3) is 0.600. The van der Waals surface area contributed by atoms with Crippen LogP contribution in [0.3, 0.4) is 0 Å². The van der Waals surface area contributed by atoms with Crippen LogP contribution in [0.4, 0.5) is 0 Å². The summed E-state index contributed by atoms with van der Waals surface area (Å²) in [6.45, 7) is 1.78. The van der Waals surface area contributed by atoms with Crippen molar-refractivity contribution in [1.29, 1.82) is 0 Å². The molecule has 0 fully saturated rings. The Morgan fingerprint density at radius 1 is 2.20 bits per heavy atom. The average Bonchev–Trinajstić information content (AvgIpc) is 1.35. The van der Waals surface area contributed by atoms with Crippen molar-refractivity contribution in [2.75, 3.05) is 0 Å². The number of rotatable bonds is 1. The summed E-state index contributed by atoms with van der Waals surface area (Å²) in [5, 5.41) is 0. The van der Waals surface area contributed by atoms with E-state index in [1.807, 2.05) is 0 Å². The molecule has 28 valence electrons. The molecule has 0 unspecified atom stereocenters. The summed E-state index contributed by atoms with van der Waals surface area (Å²) in [7, 11) is 0. The van der Waals surface area contributed by atoms with Crippen LogP contribution in [0.15, 0.2) is 0 Å². The smallest absolute Gasteiger partial charge is 0.0273 e. The molecule has 0 aliphatic carbocycles. The molecule has 0 saturated carbocycles. The molecule has 0 spiro atoms. The van der Waals surface area contributed by atoms with Crippen molar-refractivity contribution in [3.63, 3.8) is 0 Å². The van der Waals surface area contributed by atoms with Gasteiger partial charge in [-0.25, -0.2) is 0 Å². The second-order valence-electron chi connectivity index (χ2n) is 0.816.